The fourth-order valence-corrected chi connectivity index (χ4v) is 9.79. The average molecular weight is 747 g/mol. The Morgan fingerprint density at radius 3 is 1.74 bits per heavy atom. The Bertz CT molecular complexity index is 3460. The van der Waals surface area contributed by atoms with Crippen molar-refractivity contribution < 1.29 is 4.42 Å². The topological polar surface area (TPSA) is 56.7 Å². The molecule has 0 aliphatic heterocycles. The van der Waals surface area contributed by atoms with Crippen molar-refractivity contribution in [1.82, 2.24) is 19.5 Å². The van der Waals surface area contributed by atoms with Crippen LogP contribution in [0.2, 0.25) is 0 Å². The molecule has 0 bridgehead atoms. The number of hydrogen-bond acceptors (Lipinski definition) is 5. The molecule has 12 aromatic rings. The first kappa shape index (κ1) is 31.9. The molecular weight excluding hydrogens is 717 g/mol. The molecule has 8 aromatic carbocycles. The number of thiophene rings is 1. The molecular formula is C51H30N4OS. The third-order valence-electron chi connectivity index (χ3n) is 11.1. The standard InChI is InChI=1S/C51H30N4OS/c1-4-14-31(15-5-1)49-52-50(32-16-6-2-7-17-32)54-51(53-49)42-24-13-23-40-41-29-28-38-36-27-26-33(35-21-12-22-39-37-20-10-11-25-44(37)56-46(35)39)30-43(36)55(34-18-8-3-9-19-34)45(38)48(41)57-47(40)42/h1-30H. The Balaban J connectivity index is 1.12. The van der Waals surface area contributed by atoms with E-state index in [0.717, 1.165) is 65.7 Å². The summed E-state index contributed by atoms with van der Waals surface area (Å²) in [6, 6.07) is 63.7. The Morgan fingerprint density at radius 2 is 0.982 bits per heavy atom. The van der Waals surface area contributed by atoms with E-state index >= 15 is 0 Å². The largest absolute Gasteiger partial charge is 0.455 e. The average Bonchev–Trinajstić information content (AvgIpc) is 3.97. The Labute approximate surface area is 330 Å². The summed E-state index contributed by atoms with van der Waals surface area (Å²) in [5, 5.41) is 7.05. The molecule has 4 heterocycles. The highest BCUT2D eigenvalue weighted by Crippen LogP contribution is 2.46. The highest BCUT2D eigenvalue weighted by molar-refractivity contribution is 7.27. The zero-order chi connectivity index (χ0) is 37.5. The van der Waals surface area contributed by atoms with E-state index in [1.165, 1.54) is 31.8 Å². The van der Waals surface area contributed by atoms with E-state index in [9.17, 15) is 0 Å². The number of furan rings is 1. The third kappa shape index (κ3) is 4.98. The van der Waals surface area contributed by atoms with Gasteiger partial charge in [0.05, 0.1) is 15.7 Å². The lowest BCUT2D eigenvalue weighted by Crippen LogP contribution is -2.00. The van der Waals surface area contributed by atoms with E-state index in [-0.39, 0.29) is 0 Å². The molecule has 0 saturated heterocycles. The van der Waals surface area contributed by atoms with Crippen molar-refractivity contribution >= 4 is 75.3 Å². The minimum Gasteiger partial charge on any atom is -0.455 e. The second-order valence-corrected chi connectivity index (χ2v) is 15.4. The molecule has 0 fully saturated rings. The molecule has 57 heavy (non-hydrogen) atoms. The number of aromatic nitrogens is 4. The number of hydrogen-bond donors (Lipinski definition) is 0. The highest BCUT2D eigenvalue weighted by Gasteiger charge is 2.22. The molecule has 6 heteroatoms. The Morgan fingerprint density at radius 1 is 0.404 bits per heavy atom. The molecule has 266 valence electrons. The van der Waals surface area contributed by atoms with E-state index in [1.807, 2.05) is 59.9 Å². The summed E-state index contributed by atoms with van der Waals surface area (Å²) in [4.78, 5) is 15.2. The van der Waals surface area contributed by atoms with Crippen LogP contribution in [0.25, 0.3) is 115 Å². The normalized spacial score (nSPS) is 11.9. The van der Waals surface area contributed by atoms with Crippen molar-refractivity contribution in [2.24, 2.45) is 0 Å². The molecule has 0 saturated carbocycles. The van der Waals surface area contributed by atoms with Gasteiger partial charge in [0, 0.05) is 65.0 Å². The summed E-state index contributed by atoms with van der Waals surface area (Å²) >= 11 is 1.81. The summed E-state index contributed by atoms with van der Waals surface area (Å²) in [5.74, 6) is 1.96. The van der Waals surface area contributed by atoms with Crippen LogP contribution >= 0.6 is 11.3 Å². The van der Waals surface area contributed by atoms with Crippen LogP contribution in [-0.4, -0.2) is 19.5 Å². The number of fused-ring (bicyclic) bond motifs is 10. The van der Waals surface area contributed by atoms with Crippen molar-refractivity contribution in [3.8, 4) is 51.0 Å². The summed E-state index contributed by atoms with van der Waals surface area (Å²) in [7, 11) is 0. The molecule has 0 amide bonds. The molecule has 0 aliphatic carbocycles. The minimum atomic E-state index is 0.651. The molecule has 0 radical (unpaired) electrons. The van der Waals surface area contributed by atoms with Crippen LogP contribution in [0.4, 0.5) is 0 Å². The van der Waals surface area contributed by atoms with Crippen LogP contribution in [0.5, 0.6) is 0 Å². The van der Waals surface area contributed by atoms with Gasteiger partial charge in [-0.25, -0.2) is 15.0 Å². The van der Waals surface area contributed by atoms with E-state index < -0.39 is 0 Å². The summed E-state index contributed by atoms with van der Waals surface area (Å²) < 4.78 is 11.3. The van der Waals surface area contributed by atoms with Gasteiger partial charge in [-0.2, -0.15) is 0 Å². The first-order valence-electron chi connectivity index (χ1n) is 19.0. The van der Waals surface area contributed by atoms with E-state index in [2.05, 4.69) is 138 Å². The third-order valence-corrected chi connectivity index (χ3v) is 12.3. The van der Waals surface area contributed by atoms with Gasteiger partial charge >= 0.3 is 0 Å². The molecule has 0 aliphatic rings. The fraction of sp³-hybridized carbons (Fsp3) is 0. The van der Waals surface area contributed by atoms with E-state index in [4.69, 9.17) is 19.4 Å². The quantitative estimate of drug-likeness (QED) is 0.176. The van der Waals surface area contributed by atoms with Crippen molar-refractivity contribution in [3.63, 3.8) is 0 Å². The van der Waals surface area contributed by atoms with Crippen molar-refractivity contribution in [3.05, 3.63) is 182 Å². The SMILES string of the molecule is c1ccc(-c2nc(-c3ccccc3)nc(-c3cccc4c3sc3c4ccc4c5ccc(-c6cccc7c6oc6ccccc67)cc5n(-c5ccccc5)c43)n2)cc1. The maximum absolute atomic E-state index is 6.51. The second kappa shape index (κ2) is 12.6. The van der Waals surface area contributed by atoms with Gasteiger partial charge < -0.3 is 8.98 Å². The molecule has 0 unspecified atom stereocenters. The van der Waals surface area contributed by atoms with Gasteiger partial charge in [-0.15, -0.1) is 11.3 Å². The van der Waals surface area contributed by atoms with Crippen LogP contribution in [-0.2, 0) is 0 Å². The lowest BCUT2D eigenvalue weighted by atomic mass is 10.0. The van der Waals surface area contributed by atoms with Crippen LogP contribution in [0.1, 0.15) is 0 Å². The number of nitrogens with zero attached hydrogens (tertiary/aromatic N) is 4. The summed E-state index contributed by atoms with van der Waals surface area (Å²) in [5.41, 5.74) is 10.3. The van der Waals surface area contributed by atoms with Gasteiger partial charge in [0.15, 0.2) is 17.5 Å². The maximum Gasteiger partial charge on any atom is 0.165 e. The van der Waals surface area contributed by atoms with Crippen LogP contribution in [0, 0.1) is 0 Å². The van der Waals surface area contributed by atoms with Crippen molar-refractivity contribution in [2.75, 3.05) is 0 Å². The van der Waals surface area contributed by atoms with E-state index in [0.29, 0.717) is 17.5 Å². The molecule has 5 nitrogen and oxygen atoms in total. The zero-order valence-corrected chi connectivity index (χ0v) is 31.2. The molecule has 0 N–H and O–H groups in total. The predicted molar refractivity (Wildman–Crippen MR) is 236 cm³/mol. The Hall–Kier alpha value is -7.41. The van der Waals surface area contributed by atoms with Gasteiger partial charge in [-0.05, 0) is 35.9 Å². The monoisotopic (exact) mass is 746 g/mol. The van der Waals surface area contributed by atoms with Gasteiger partial charge in [-0.3, -0.25) is 0 Å². The maximum atomic E-state index is 6.51. The smallest absolute Gasteiger partial charge is 0.165 e. The lowest BCUT2D eigenvalue weighted by Gasteiger charge is -2.09. The molecule has 0 spiro atoms. The molecule has 12 rings (SSSR count). The van der Waals surface area contributed by atoms with Crippen LogP contribution in [0.3, 0.4) is 0 Å². The highest BCUT2D eigenvalue weighted by atomic mass is 32.1. The number of benzene rings is 8. The second-order valence-electron chi connectivity index (χ2n) is 14.3. The fourth-order valence-electron chi connectivity index (χ4n) is 8.44. The van der Waals surface area contributed by atoms with Gasteiger partial charge in [0.2, 0.25) is 0 Å². The van der Waals surface area contributed by atoms with E-state index in [1.54, 1.807) is 0 Å². The Kier molecular flexibility index (Phi) is 7.03. The summed E-state index contributed by atoms with van der Waals surface area (Å²) in [6.45, 7) is 0. The van der Waals surface area contributed by atoms with Gasteiger partial charge in [0.1, 0.15) is 11.2 Å². The first-order valence-corrected chi connectivity index (χ1v) is 19.8. The zero-order valence-electron chi connectivity index (χ0n) is 30.4. The van der Waals surface area contributed by atoms with Crippen molar-refractivity contribution in [2.45, 2.75) is 0 Å². The molecule has 0 atom stereocenters. The number of para-hydroxylation sites is 3. The van der Waals surface area contributed by atoms with Crippen LogP contribution < -0.4 is 0 Å². The first-order chi connectivity index (χ1) is 28.3. The molecule has 4 aromatic heterocycles. The number of rotatable bonds is 5. The van der Waals surface area contributed by atoms with Crippen LogP contribution in [0.15, 0.2) is 186 Å². The van der Waals surface area contributed by atoms with Crippen molar-refractivity contribution in [1.29, 1.82) is 0 Å². The predicted octanol–water partition coefficient (Wildman–Crippen LogP) is 13.9. The van der Waals surface area contributed by atoms with Gasteiger partial charge in [0.25, 0.3) is 0 Å². The van der Waals surface area contributed by atoms with Gasteiger partial charge in [-0.1, -0.05) is 152 Å². The minimum absolute atomic E-state index is 0.651. The lowest BCUT2D eigenvalue weighted by molar-refractivity contribution is 0.670. The summed E-state index contributed by atoms with van der Waals surface area (Å²) in [6.07, 6.45) is 0.